The molecule has 2 rings (SSSR count). The topological polar surface area (TPSA) is 34.4 Å². The lowest BCUT2D eigenvalue weighted by molar-refractivity contribution is 0.266. The van der Waals surface area contributed by atoms with E-state index in [0.29, 0.717) is 6.61 Å². The van der Waals surface area contributed by atoms with Gasteiger partial charge in [0.15, 0.2) is 0 Å². The standard InChI is InChI=1S/C17H22BrNO2/c1-4-7-19-10-14-9-16(21-13(14)3)11-20-17-6-5-15(18)8-12(17)2/h5-6,8-9,19H,4,7,10-11H2,1-3H3. The second-order valence-corrected chi connectivity index (χ2v) is 6.09. The number of benzene rings is 1. The minimum absolute atomic E-state index is 0.455. The molecule has 2 aromatic rings. The lowest BCUT2D eigenvalue weighted by Gasteiger charge is -2.07. The van der Waals surface area contributed by atoms with Gasteiger partial charge < -0.3 is 14.5 Å². The van der Waals surface area contributed by atoms with Gasteiger partial charge in [-0.3, -0.25) is 0 Å². The Morgan fingerprint density at radius 1 is 1.24 bits per heavy atom. The SMILES string of the molecule is CCCNCc1cc(COc2ccc(Br)cc2C)oc1C. The summed E-state index contributed by atoms with van der Waals surface area (Å²) in [6.45, 7) is 8.52. The highest BCUT2D eigenvalue weighted by atomic mass is 79.9. The summed E-state index contributed by atoms with van der Waals surface area (Å²) < 4.78 is 12.7. The molecule has 0 saturated heterocycles. The van der Waals surface area contributed by atoms with Crippen molar-refractivity contribution in [3.05, 3.63) is 51.4 Å². The van der Waals surface area contributed by atoms with Gasteiger partial charge in [-0.25, -0.2) is 0 Å². The minimum atomic E-state index is 0.455. The predicted molar refractivity (Wildman–Crippen MR) is 88.7 cm³/mol. The number of furan rings is 1. The van der Waals surface area contributed by atoms with Crippen LogP contribution < -0.4 is 10.1 Å². The normalized spacial score (nSPS) is 10.9. The molecular formula is C17H22BrNO2. The highest BCUT2D eigenvalue weighted by Gasteiger charge is 2.08. The van der Waals surface area contributed by atoms with Crippen LogP contribution in [0.5, 0.6) is 5.75 Å². The molecule has 0 fully saturated rings. The zero-order valence-electron chi connectivity index (χ0n) is 12.8. The summed E-state index contributed by atoms with van der Waals surface area (Å²) in [5, 5.41) is 3.39. The number of hydrogen-bond donors (Lipinski definition) is 1. The Balaban J connectivity index is 1.95. The molecule has 1 aromatic heterocycles. The third-order valence-corrected chi connectivity index (χ3v) is 3.81. The van der Waals surface area contributed by atoms with E-state index < -0.39 is 0 Å². The fourth-order valence-electron chi connectivity index (χ4n) is 2.16. The van der Waals surface area contributed by atoms with E-state index in [1.807, 2.05) is 32.0 Å². The van der Waals surface area contributed by atoms with Crippen molar-refractivity contribution in [3.63, 3.8) is 0 Å². The molecule has 0 bridgehead atoms. The van der Waals surface area contributed by atoms with Crippen molar-refractivity contribution in [1.82, 2.24) is 5.32 Å². The smallest absolute Gasteiger partial charge is 0.146 e. The Hall–Kier alpha value is -1.26. The number of rotatable bonds is 7. The molecule has 0 aliphatic rings. The van der Waals surface area contributed by atoms with Gasteiger partial charge >= 0.3 is 0 Å². The molecule has 4 heteroatoms. The number of halogens is 1. The molecule has 0 aliphatic heterocycles. The van der Waals surface area contributed by atoms with Gasteiger partial charge in [-0.05, 0) is 56.6 Å². The monoisotopic (exact) mass is 351 g/mol. The van der Waals surface area contributed by atoms with Crippen LogP contribution in [-0.4, -0.2) is 6.54 Å². The molecule has 1 heterocycles. The second kappa shape index (κ2) is 7.66. The molecule has 1 aromatic carbocycles. The number of aryl methyl sites for hydroxylation is 2. The van der Waals surface area contributed by atoms with E-state index in [9.17, 15) is 0 Å². The summed E-state index contributed by atoms with van der Waals surface area (Å²) in [7, 11) is 0. The largest absolute Gasteiger partial charge is 0.485 e. The third-order valence-electron chi connectivity index (χ3n) is 3.32. The van der Waals surface area contributed by atoms with Crippen molar-refractivity contribution in [2.24, 2.45) is 0 Å². The summed E-state index contributed by atoms with van der Waals surface area (Å²) in [6, 6.07) is 8.07. The molecule has 0 saturated carbocycles. The van der Waals surface area contributed by atoms with Crippen molar-refractivity contribution in [1.29, 1.82) is 0 Å². The first kappa shape index (κ1) is 16.1. The molecule has 0 amide bonds. The van der Waals surface area contributed by atoms with E-state index in [0.717, 1.165) is 46.8 Å². The fourth-order valence-corrected chi connectivity index (χ4v) is 2.63. The molecule has 1 N–H and O–H groups in total. The molecule has 0 aliphatic carbocycles. The first-order valence-electron chi connectivity index (χ1n) is 7.28. The van der Waals surface area contributed by atoms with E-state index in [1.165, 1.54) is 5.56 Å². The van der Waals surface area contributed by atoms with E-state index in [1.54, 1.807) is 0 Å². The van der Waals surface area contributed by atoms with Crippen LogP contribution in [0.1, 0.15) is 36.0 Å². The van der Waals surface area contributed by atoms with Crippen molar-refractivity contribution >= 4 is 15.9 Å². The Kier molecular flexibility index (Phi) is 5.88. The Morgan fingerprint density at radius 3 is 2.76 bits per heavy atom. The zero-order chi connectivity index (χ0) is 15.2. The lowest BCUT2D eigenvalue weighted by atomic mass is 10.2. The van der Waals surface area contributed by atoms with Crippen LogP contribution >= 0.6 is 15.9 Å². The van der Waals surface area contributed by atoms with Gasteiger partial charge in [0.05, 0.1) is 0 Å². The Bertz CT molecular complexity index is 592. The Labute approximate surface area is 134 Å². The maximum Gasteiger partial charge on any atom is 0.146 e. The second-order valence-electron chi connectivity index (χ2n) is 5.17. The molecule has 0 spiro atoms. The highest BCUT2D eigenvalue weighted by Crippen LogP contribution is 2.24. The van der Waals surface area contributed by atoms with Crippen LogP contribution in [0.4, 0.5) is 0 Å². The van der Waals surface area contributed by atoms with Crippen molar-refractivity contribution in [3.8, 4) is 5.75 Å². The average molecular weight is 352 g/mol. The first-order chi connectivity index (χ1) is 10.1. The maximum atomic E-state index is 5.84. The number of nitrogens with one attached hydrogen (secondary N) is 1. The van der Waals surface area contributed by atoms with Gasteiger partial charge in [-0.2, -0.15) is 0 Å². The van der Waals surface area contributed by atoms with E-state index in [-0.39, 0.29) is 0 Å². The summed E-state index contributed by atoms with van der Waals surface area (Å²) in [6.07, 6.45) is 1.13. The van der Waals surface area contributed by atoms with Gasteiger partial charge in [0.1, 0.15) is 23.9 Å². The molecule has 0 unspecified atom stereocenters. The summed E-state index contributed by atoms with van der Waals surface area (Å²) in [5.41, 5.74) is 2.31. The average Bonchev–Trinajstić information content (AvgIpc) is 2.79. The van der Waals surface area contributed by atoms with Crippen molar-refractivity contribution < 1.29 is 9.15 Å². The quantitative estimate of drug-likeness (QED) is 0.731. The van der Waals surface area contributed by atoms with Gasteiger partial charge in [-0.15, -0.1) is 0 Å². The molecule has 21 heavy (non-hydrogen) atoms. The number of ether oxygens (including phenoxy) is 1. The lowest BCUT2D eigenvalue weighted by Crippen LogP contribution is -2.13. The van der Waals surface area contributed by atoms with Gasteiger partial charge in [0, 0.05) is 16.6 Å². The maximum absolute atomic E-state index is 5.84. The fraction of sp³-hybridized carbons (Fsp3) is 0.412. The van der Waals surface area contributed by atoms with Gasteiger partial charge in [0.25, 0.3) is 0 Å². The van der Waals surface area contributed by atoms with E-state index >= 15 is 0 Å². The summed E-state index contributed by atoms with van der Waals surface area (Å²) >= 11 is 3.45. The Morgan fingerprint density at radius 2 is 2.05 bits per heavy atom. The molecule has 0 radical (unpaired) electrons. The van der Waals surface area contributed by atoms with Crippen LogP contribution in [0.2, 0.25) is 0 Å². The van der Waals surface area contributed by atoms with E-state index in [4.69, 9.17) is 9.15 Å². The van der Waals surface area contributed by atoms with Crippen LogP contribution in [-0.2, 0) is 13.2 Å². The summed E-state index contributed by atoms with van der Waals surface area (Å²) in [5.74, 6) is 2.71. The first-order valence-corrected chi connectivity index (χ1v) is 8.07. The van der Waals surface area contributed by atoms with Crippen LogP contribution in [0, 0.1) is 13.8 Å². The van der Waals surface area contributed by atoms with Gasteiger partial charge in [-0.1, -0.05) is 22.9 Å². The molecular weight excluding hydrogens is 330 g/mol. The van der Waals surface area contributed by atoms with E-state index in [2.05, 4.69) is 34.2 Å². The summed E-state index contributed by atoms with van der Waals surface area (Å²) in [4.78, 5) is 0. The molecule has 0 atom stereocenters. The predicted octanol–water partition coefficient (Wildman–Crippen LogP) is 4.74. The van der Waals surface area contributed by atoms with Crippen molar-refractivity contribution in [2.75, 3.05) is 6.54 Å². The highest BCUT2D eigenvalue weighted by molar-refractivity contribution is 9.10. The third kappa shape index (κ3) is 4.61. The molecule has 3 nitrogen and oxygen atoms in total. The van der Waals surface area contributed by atoms with Crippen LogP contribution in [0.15, 0.2) is 33.2 Å². The minimum Gasteiger partial charge on any atom is -0.485 e. The number of hydrogen-bond acceptors (Lipinski definition) is 3. The van der Waals surface area contributed by atoms with Crippen molar-refractivity contribution in [2.45, 2.75) is 40.3 Å². The van der Waals surface area contributed by atoms with Crippen LogP contribution in [0.25, 0.3) is 0 Å². The van der Waals surface area contributed by atoms with Crippen LogP contribution in [0.3, 0.4) is 0 Å². The zero-order valence-corrected chi connectivity index (χ0v) is 14.4. The van der Waals surface area contributed by atoms with Gasteiger partial charge in [0.2, 0.25) is 0 Å². The molecule has 114 valence electrons.